The van der Waals surface area contributed by atoms with Gasteiger partial charge in [0.15, 0.2) is 5.96 Å². The number of fused-ring (bicyclic) bond motifs is 1. The van der Waals surface area contributed by atoms with Crippen molar-refractivity contribution in [2.24, 2.45) is 4.99 Å². The van der Waals surface area contributed by atoms with Crippen LogP contribution in [0.5, 0.6) is 0 Å². The Labute approximate surface area is 154 Å². The molecule has 1 aromatic heterocycles. The van der Waals surface area contributed by atoms with Crippen molar-refractivity contribution >= 4 is 27.4 Å². The van der Waals surface area contributed by atoms with Crippen molar-refractivity contribution in [3.05, 3.63) is 35.2 Å². The number of aliphatic hydroxyl groups is 1. The summed E-state index contributed by atoms with van der Waals surface area (Å²) >= 11 is 1.63. The van der Waals surface area contributed by atoms with E-state index in [-0.39, 0.29) is 0 Å². The summed E-state index contributed by atoms with van der Waals surface area (Å²) in [7, 11) is 1.73. The lowest BCUT2D eigenvalue weighted by molar-refractivity contribution is 0.191. The van der Waals surface area contributed by atoms with Gasteiger partial charge in [0.1, 0.15) is 6.10 Å². The summed E-state index contributed by atoms with van der Waals surface area (Å²) in [6, 6.07) is 10.2. The summed E-state index contributed by atoms with van der Waals surface area (Å²) in [6.07, 6.45) is 2.71. The van der Waals surface area contributed by atoms with Crippen LogP contribution in [0.25, 0.3) is 10.1 Å². The van der Waals surface area contributed by atoms with Crippen molar-refractivity contribution < 1.29 is 9.84 Å². The maximum absolute atomic E-state index is 10.4. The van der Waals surface area contributed by atoms with E-state index in [2.05, 4.69) is 33.8 Å². The van der Waals surface area contributed by atoms with Gasteiger partial charge in [-0.05, 0) is 43.7 Å². The number of aliphatic hydroxyl groups excluding tert-OH is 1. The van der Waals surface area contributed by atoms with Gasteiger partial charge in [-0.3, -0.25) is 4.99 Å². The van der Waals surface area contributed by atoms with Crippen LogP contribution in [0.15, 0.2) is 35.3 Å². The van der Waals surface area contributed by atoms with Crippen LogP contribution >= 0.6 is 11.3 Å². The van der Waals surface area contributed by atoms with Gasteiger partial charge < -0.3 is 20.5 Å². The van der Waals surface area contributed by atoms with Crippen molar-refractivity contribution in [1.82, 2.24) is 10.6 Å². The molecule has 5 nitrogen and oxygen atoms in total. The minimum Gasteiger partial charge on any atom is -0.386 e. The first-order valence-corrected chi connectivity index (χ1v) is 9.74. The first kappa shape index (κ1) is 19.7. The second kappa shape index (κ2) is 11.1. The molecule has 25 heavy (non-hydrogen) atoms. The molecule has 0 aliphatic rings. The number of rotatable bonds is 10. The summed E-state index contributed by atoms with van der Waals surface area (Å²) in [4.78, 5) is 5.48. The Morgan fingerprint density at radius 1 is 1.24 bits per heavy atom. The van der Waals surface area contributed by atoms with Gasteiger partial charge in [-0.1, -0.05) is 18.2 Å². The number of guanidine groups is 1. The smallest absolute Gasteiger partial charge is 0.191 e. The molecule has 0 aliphatic heterocycles. The van der Waals surface area contributed by atoms with Gasteiger partial charge in [-0.25, -0.2) is 0 Å². The Balaban J connectivity index is 1.84. The zero-order valence-electron chi connectivity index (χ0n) is 15.1. The van der Waals surface area contributed by atoms with E-state index in [9.17, 15) is 5.11 Å². The van der Waals surface area contributed by atoms with E-state index in [1.165, 1.54) is 10.1 Å². The molecule has 138 valence electrons. The lowest BCUT2D eigenvalue weighted by Gasteiger charge is -2.12. The molecule has 2 aromatic rings. The molecule has 0 radical (unpaired) electrons. The molecule has 2 rings (SSSR count). The Bertz CT molecular complexity index is 624. The third-order valence-corrected chi connectivity index (χ3v) is 5.07. The number of nitrogens with one attached hydrogen (secondary N) is 2. The first-order chi connectivity index (χ1) is 12.2. The van der Waals surface area contributed by atoms with E-state index in [0.29, 0.717) is 6.54 Å². The molecule has 6 heteroatoms. The lowest BCUT2D eigenvalue weighted by Crippen LogP contribution is -2.38. The summed E-state index contributed by atoms with van der Waals surface area (Å²) in [6.45, 7) is 4.88. The number of ether oxygens (including phenoxy) is 1. The molecule has 3 N–H and O–H groups in total. The van der Waals surface area contributed by atoms with Crippen LogP contribution in [0.2, 0.25) is 0 Å². The SMILES string of the molecule is CCNC(=NCC(O)c1cc2ccccc2s1)NCCCCCOC. The molecule has 0 fully saturated rings. The summed E-state index contributed by atoms with van der Waals surface area (Å²) in [5.41, 5.74) is 0. The largest absolute Gasteiger partial charge is 0.386 e. The number of aliphatic imine (C=N–C) groups is 1. The second-order valence-corrected chi connectivity index (χ2v) is 7.02. The van der Waals surface area contributed by atoms with E-state index in [1.54, 1.807) is 18.4 Å². The highest BCUT2D eigenvalue weighted by Crippen LogP contribution is 2.29. The van der Waals surface area contributed by atoms with E-state index in [0.717, 1.165) is 49.8 Å². The average Bonchev–Trinajstić information content (AvgIpc) is 3.06. The van der Waals surface area contributed by atoms with Gasteiger partial charge in [0.2, 0.25) is 0 Å². The lowest BCUT2D eigenvalue weighted by atomic mass is 10.2. The van der Waals surface area contributed by atoms with Crippen LogP contribution in [0.1, 0.15) is 37.2 Å². The zero-order chi connectivity index (χ0) is 17.9. The number of hydrogen-bond acceptors (Lipinski definition) is 4. The minimum absolute atomic E-state index is 0.353. The minimum atomic E-state index is -0.574. The fourth-order valence-corrected chi connectivity index (χ4v) is 3.57. The molecule has 0 saturated heterocycles. The molecule has 1 unspecified atom stereocenters. The standard InChI is InChI=1S/C19H29N3O2S/c1-3-20-19(21-11-7-4-8-12-24-2)22-14-16(23)18-13-15-9-5-6-10-17(15)25-18/h5-6,9-10,13,16,23H,3-4,7-8,11-12,14H2,1-2H3,(H2,20,21,22). The third kappa shape index (κ3) is 6.65. The molecule has 0 saturated carbocycles. The van der Waals surface area contributed by atoms with E-state index in [4.69, 9.17) is 4.74 Å². The highest BCUT2D eigenvalue weighted by atomic mass is 32.1. The van der Waals surface area contributed by atoms with Crippen LogP contribution in [0, 0.1) is 0 Å². The second-order valence-electron chi connectivity index (χ2n) is 5.90. The topological polar surface area (TPSA) is 65.9 Å². The van der Waals surface area contributed by atoms with Gasteiger partial charge in [-0.15, -0.1) is 11.3 Å². The molecule has 1 heterocycles. The van der Waals surface area contributed by atoms with Gasteiger partial charge in [0, 0.05) is 36.4 Å². The molecule has 1 atom stereocenters. The fraction of sp³-hybridized carbons (Fsp3) is 0.526. The predicted octanol–water partition coefficient (Wildman–Crippen LogP) is 3.31. The Kier molecular flexibility index (Phi) is 8.72. The van der Waals surface area contributed by atoms with E-state index in [1.807, 2.05) is 19.1 Å². The molecule has 0 amide bonds. The number of nitrogens with zero attached hydrogens (tertiary/aromatic N) is 1. The van der Waals surface area contributed by atoms with Crippen LogP contribution in [0.4, 0.5) is 0 Å². The van der Waals surface area contributed by atoms with E-state index < -0.39 is 6.10 Å². The van der Waals surface area contributed by atoms with Gasteiger partial charge in [0.25, 0.3) is 0 Å². The molecule has 0 spiro atoms. The zero-order valence-corrected chi connectivity index (χ0v) is 15.9. The number of benzene rings is 1. The maximum atomic E-state index is 10.4. The van der Waals surface area contributed by atoms with Gasteiger partial charge in [0.05, 0.1) is 6.54 Å². The number of hydrogen-bond donors (Lipinski definition) is 3. The quantitative estimate of drug-likeness (QED) is 0.344. The van der Waals surface area contributed by atoms with Crippen LogP contribution < -0.4 is 10.6 Å². The van der Waals surface area contributed by atoms with Crippen molar-refractivity contribution in [3.8, 4) is 0 Å². The third-order valence-electron chi connectivity index (χ3n) is 3.86. The molecular weight excluding hydrogens is 334 g/mol. The molecule has 0 bridgehead atoms. The Hall–Kier alpha value is -1.63. The van der Waals surface area contributed by atoms with Crippen molar-refractivity contribution in [2.45, 2.75) is 32.3 Å². The maximum Gasteiger partial charge on any atom is 0.191 e. The summed E-state index contributed by atoms with van der Waals surface area (Å²) in [5, 5.41) is 18.2. The molecule has 0 aliphatic carbocycles. The monoisotopic (exact) mass is 363 g/mol. The predicted molar refractivity (Wildman–Crippen MR) is 106 cm³/mol. The number of thiophene rings is 1. The van der Waals surface area contributed by atoms with Crippen LogP contribution in [-0.2, 0) is 4.74 Å². The van der Waals surface area contributed by atoms with Crippen LogP contribution in [0.3, 0.4) is 0 Å². The normalized spacial score (nSPS) is 13.2. The van der Waals surface area contributed by atoms with Crippen molar-refractivity contribution in [3.63, 3.8) is 0 Å². The summed E-state index contributed by atoms with van der Waals surface area (Å²) in [5.74, 6) is 0.759. The van der Waals surface area contributed by atoms with Crippen LogP contribution in [-0.4, -0.2) is 44.4 Å². The van der Waals surface area contributed by atoms with E-state index >= 15 is 0 Å². The molecular formula is C19H29N3O2S. The van der Waals surface area contributed by atoms with Crippen molar-refractivity contribution in [1.29, 1.82) is 0 Å². The summed E-state index contributed by atoms with van der Waals surface area (Å²) < 4.78 is 6.25. The van der Waals surface area contributed by atoms with Gasteiger partial charge >= 0.3 is 0 Å². The highest BCUT2D eigenvalue weighted by Gasteiger charge is 2.11. The fourth-order valence-electron chi connectivity index (χ4n) is 2.53. The average molecular weight is 364 g/mol. The Morgan fingerprint density at radius 3 is 2.84 bits per heavy atom. The number of methoxy groups -OCH3 is 1. The Morgan fingerprint density at radius 2 is 2.08 bits per heavy atom. The first-order valence-electron chi connectivity index (χ1n) is 8.92. The number of unbranched alkanes of at least 4 members (excludes halogenated alkanes) is 2. The highest BCUT2D eigenvalue weighted by molar-refractivity contribution is 7.19. The molecule has 1 aromatic carbocycles. The van der Waals surface area contributed by atoms with Gasteiger partial charge in [-0.2, -0.15) is 0 Å². The van der Waals surface area contributed by atoms with Crippen molar-refractivity contribution in [2.75, 3.05) is 33.4 Å².